The first-order valence-corrected chi connectivity index (χ1v) is 4.68. The van der Waals surface area contributed by atoms with Crippen LogP contribution in [0.15, 0.2) is 18.3 Å². The molecule has 0 aliphatic heterocycles. The predicted octanol–water partition coefficient (Wildman–Crippen LogP) is -0.250. The smallest absolute Gasteiger partial charge is 0.315 e. The monoisotopic (exact) mass is 224 g/mol. The van der Waals surface area contributed by atoms with Crippen molar-refractivity contribution in [1.29, 1.82) is 0 Å². The van der Waals surface area contributed by atoms with Gasteiger partial charge in [-0.05, 0) is 12.1 Å². The van der Waals surface area contributed by atoms with Crippen LogP contribution in [-0.2, 0) is 11.3 Å². The highest BCUT2D eigenvalue weighted by Crippen LogP contribution is 1.89. The molecule has 0 spiro atoms. The Morgan fingerprint density at radius 2 is 2.19 bits per heavy atom. The first kappa shape index (κ1) is 11.9. The van der Waals surface area contributed by atoms with Gasteiger partial charge >= 0.3 is 12.0 Å². The summed E-state index contributed by atoms with van der Waals surface area (Å²) in [6, 6.07) is 3.02. The Bertz CT molecular complexity index is 355. The maximum atomic E-state index is 11.1. The summed E-state index contributed by atoms with van der Waals surface area (Å²) in [5, 5.41) is 20.7. The largest absolute Gasteiger partial charge is 0.481 e. The number of nitrogens with one attached hydrogen (secondary N) is 2. The van der Waals surface area contributed by atoms with Crippen LogP contribution in [0.3, 0.4) is 0 Å². The average molecular weight is 224 g/mol. The Balaban J connectivity index is 2.18. The fourth-order valence-electron chi connectivity index (χ4n) is 0.944. The molecule has 16 heavy (non-hydrogen) atoms. The van der Waals surface area contributed by atoms with Crippen molar-refractivity contribution in [2.24, 2.45) is 0 Å². The number of rotatable bonds is 5. The van der Waals surface area contributed by atoms with Crippen molar-refractivity contribution in [3.05, 3.63) is 24.0 Å². The van der Waals surface area contributed by atoms with E-state index in [-0.39, 0.29) is 19.5 Å². The van der Waals surface area contributed by atoms with Gasteiger partial charge in [-0.25, -0.2) is 4.79 Å². The number of carbonyl (C=O) groups is 2. The molecule has 0 saturated carbocycles. The number of aliphatic carboxylic acids is 1. The molecule has 1 aromatic rings. The maximum absolute atomic E-state index is 11.1. The van der Waals surface area contributed by atoms with E-state index in [9.17, 15) is 9.59 Å². The molecule has 7 nitrogen and oxygen atoms in total. The van der Waals surface area contributed by atoms with Gasteiger partial charge < -0.3 is 15.7 Å². The molecule has 1 rings (SSSR count). The van der Waals surface area contributed by atoms with Gasteiger partial charge in [-0.1, -0.05) is 0 Å². The van der Waals surface area contributed by atoms with Crippen LogP contribution in [0, 0.1) is 0 Å². The van der Waals surface area contributed by atoms with Gasteiger partial charge in [-0.3, -0.25) is 4.79 Å². The minimum Gasteiger partial charge on any atom is -0.481 e. The number of nitrogens with zero attached hydrogens (tertiary/aromatic N) is 2. The molecule has 7 heteroatoms. The second kappa shape index (κ2) is 6.33. The van der Waals surface area contributed by atoms with Crippen molar-refractivity contribution in [3.63, 3.8) is 0 Å². The summed E-state index contributed by atoms with van der Waals surface area (Å²) in [5.41, 5.74) is 0.635. The highest BCUT2D eigenvalue weighted by molar-refractivity contribution is 5.74. The summed E-state index contributed by atoms with van der Waals surface area (Å²) >= 11 is 0. The van der Waals surface area contributed by atoms with Gasteiger partial charge in [-0.2, -0.15) is 10.2 Å². The molecule has 86 valence electrons. The molecule has 0 aliphatic rings. The Morgan fingerprint density at radius 1 is 1.38 bits per heavy atom. The molecule has 0 aliphatic carbocycles. The topological polar surface area (TPSA) is 104 Å². The zero-order chi connectivity index (χ0) is 11.8. The molecule has 2 amide bonds. The minimum atomic E-state index is -0.950. The fourth-order valence-corrected chi connectivity index (χ4v) is 0.944. The van der Waals surface area contributed by atoms with Crippen molar-refractivity contribution in [2.45, 2.75) is 13.0 Å². The van der Waals surface area contributed by atoms with Crippen LogP contribution in [0.25, 0.3) is 0 Å². The van der Waals surface area contributed by atoms with Crippen LogP contribution in [0.2, 0.25) is 0 Å². The van der Waals surface area contributed by atoms with Crippen LogP contribution in [0.4, 0.5) is 4.79 Å². The normalized spacial score (nSPS) is 9.50. The van der Waals surface area contributed by atoms with Gasteiger partial charge in [0.2, 0.25) is 0 Å². The highest BCUT2D eigenvalue weighted by atomic mass is 16.4. The lowest BCUT2D eigenvalue weighted by Gasteiger charge is -2.05. The fraction of sp³-hybridized carbons (Fsp3) is 0.333. The quantitative estimate of drug-likeness (QED) is 0.639. The van der Waals surface area contributed by atoms with Crippen LogP contribution >= 0.6 is 0 Å². The molecule has 3 N–H and O–H groups in total. The zero-order valence-electron chi connectivity index (χ0n) is 8.51. The molecular weight excluding hydrogens is 212 g/mol. The lowest BCUT2D eigenvalue weighted by molar-refractivity contribution is -0.136. The number of urea groups is 1. The number of carboxylic acids is 1. The first-order valence-electron chi connectivity index (χ1n) is 4.68. The van der Waals surface area contributed by atoms with E-state index in [4.69, 9.17) is 5.11 Å². The summed E-state index contributed by atoms with van der Waals surface area (Å²) in [5.74, 6) is -0.950. The first-order chi connectivity index (χ1) is 7.68. The average Bonchev–Trinajstić information content (AvgIpc) is 2.27. The lowest BCUT2D eigenvalue weighted by Crippen LogP contribution is -2.36. The maximum Gasteiger partial charge on any atom is 0.315 e. The Kier molecular flexibility index (Phi) is 4.71. The lowest BCUT2D eigenvalue weighted by atomic mass is 10.4. The molecule has 0 atom stereocenters. The SMILES string of the molecule is O=C(O)CCNC(=O)NCc1cccnn1. The van der Waals surface area contributed by atoms with E-state index in [0.29, 0.717) is 5.69 Å². The molecule has 0 radical (unpaired) electrons. The van der Waals surface area contributed by atoms with Crippen molar-refractivity contribution < 1.29 is 14.7 Å². The summed E-state index contributed by atoms with van der Waals surface area (Å²) in [4.78, 5) is 21.3. The van der Waals surface area contributed by atoms with Gasteiger partial charge in [0.15, 0.2) is 0 Å². The summed E-state index contributed by atoms with van der Waals surface area (Å²) in [7, 11) is 0. The van der Waals surface area contributed by atoms with Crippen LogP contribution in [-0.4, -0.2) is 33.8 Å². The molecular formula is C9H12N4O3. The predicted molar refractivity (Wildman–Crippen MR) is 54.5 cm³/mol. The number of carbonyl (C=O) groups excluding carboxylic acids is 1. The van der Waals surface area contributed by atoms with Crippen molar-refractivity contribution in [1.82, 2.24) is 20.8 Å². The number of amides is 2. The van der Waals surface area contributed by atoms with Crippen molar-refractivity contribution >= 4 is 12.0 Å². The zero-order valence-corrected chi connectivity index (χ0v) is 8.51. The summed E-state index contributed by atoms with van der Waals surface area (Å²) in [6.07, 6.45) is 1.44. The Morgan fingerprint density at radius 3 is 2.81 bits per heavy atom. The Hall–Kier alpha value is -2.18. The molecule has 1 aromatic heterocycles. The van der Waals surface area contributed by atoms with E-state index < -0.39 is 12.0 Å². The second-order valence-electron chi connectivity index (χ2n) is 2.97. The van der Waals surface area contributed by atoms with Crippen LogP contribution in [0.1, 0.15) is 12.1 Å². The number of hydrogen-bond acceptors (Lipinski definition) is 4. The van der Waals surface area contributed by atoms with E-state index in [1.807, 2.05) is 0 Å². The highest BCUT2D eigenvalue weighted by Gasteiger charge is 2.02. The van der Waals surface area contributed by atoms with E-state index in [2.05, 4.69) is 20.8 Å². The third-order valence-corrected chi connectivity index (χ3v) is 1.68. The van der Waals surface area contributed by atoms with E-state index in [1.54, 1.807) is 12.1 Å². The molecule has 1 heterocycles. The van der Waals surface area contributed by atoms with E-state index in [0.717, 1.165) is 0 Å². The van der Waals surface area contributed by atoms with E-state index in [1.165, 1.54) is 6.20 Å². The van der Waals surface area contributed by atoms with E-state index >= 15 is 0 Å². The summed E-state index contributed by atoms with van der Waals surface area (Å²) < 4.78 is 0. The molecule has 0 aromatic carbocycles. The summed E-state index contributed by atoms with van der Waals surface area (Å²) in [6.45, 7) is 0.356. The van der Waals surface area contributed by atoms with Gasteiger partial charge in [0, 0.05) is 12.7 Å². The second-order valence-corrected chi connectivity index (χ2v) is 2.97. The third kappa shape index (κ3) is 4.89. The van der Waals surface area contributed by atoms with Crippen molar-refractivity contribution in [3.8, 4) is 0 Å². The number of carboxylic acid groups (broad SMARTS) is 1. The Labute approximate surface area is 91.9 Å². The minimum absolute atomic E-state index is 0.0986. The van der Waals surface area contributed by atoms with Gasteiger partial charge in [-0.15, -0.1) is 0 Å². The molecule has 0 unspecified atom stereocenters. The number of aromatic nitrogens is 2. The van der Waals surface area contributed by atoms with Crippen LogP contribution in [0.5, 0.6) is 0 Å². The molecule has 0 fully saturated rings. The van der Waals surface area contributed by atoms with Gasteiger partial charge in [0.1, 0.15) is 0 Å². The van der Waals surface area contributed by atoms with Crippen molar-refractivity contribution in [2.75, 3.05) is 6.54 Å². The standard InChI is InChI=1S/C9H12N4O3/c14-8(15)3-5-10-9(16)11-6-7-2-1-4-12-13-7/h1-2,4H,3,5-6H2,(H,14,15)(H2,10,11,16). The van der Waals surface area contributed by atoms with Gasteiger partial charge in [0.05, 0.1) is 18.7 Å². The molecule has 0 saturated heterocycles. The van der Waals surface area contributed by atoms with Gasteiger partial charge in [0.25, 0.3) is 0 Å². The number of hydrogen-bond donors (Lipinski definition) is 3. The van der Waals surface area contributed by atoms with Crippen LogP contribution < -0.4 is 10.6 Å². The third-order valence-electron chi connectivity index (χ3n) is 1.68. The molecule has 0 bridgehead atoms.